The van der Waals surface area contributed by atoms with E-state index in [4.69, 9.17) is 9.47 Å². The molecule has 0 radical (unpaired) electrons. The number of fused-ring (bicyclic) bond motifs is 2. The van der Waals surface area contributed by atoms with Crippen molar-refractivity contribution in [3.8, 4) is 11.5 Å². The Kier molecular flexibility index (Phi) is 6.23. The summed E-state index contributed by atoms with van der Waals surface area (Å²) in [7, 11) is 0. The summed E-state index contributed by atoms with van der Waals surface area (Å²) in [4.78, 5) is 3.38. The van der Waals surface area contributed by atoms with Gasteiger partial charge in [0, 0.05) is 10.9 Å². The number of para-hydroxylation sites is 3. The molecule has 0 spiro atoms. The summed E-state index contributed by atoms with van der Waals surface area (Å²) >= 11 is 3.38. The lowest BCUT2D eigenvalue weighted by molar-refractivity contribution is 0.288. The van der Waals surface area contributed by atoms with E-state index < -0.39 is 0 Å². The molecular weight excluding hydrogens is 402 g/mol. The number of ether oxygens (including phenoxy) is 2. The Morgan fingerprint density at radius 1 is 0.815 bits per heavy atom. The molecule has 27 heavy (non-hydrogen) atoms. The molecule has 0 unspecified atom stereocenters. The third kappa shape index (κ3) is 5.41. The number of anilines is 1. The quantitative estimate of drug-likeness (QED) is 0.550. The summed E-state index contributed by atoms with van der Waals surface area (Å²) < 4.78 is 11.0. The minimum Gasteiger partial charge on any atom is -0.493 e. The fourth-order valence-electron chi connectivity index (χ4n) is 3.32. The fraction of sp³-hybridized carbons (Fsp3) is 0.478. The second kappa shape index (κ2) is 9.01. The second-order valence-corrected chi connectivity index (χ2v) is 8.77. The van der Waals surface area contributed by atoms with Gasteiger partial charge in [0.15, 0.2) is 0 Å². The largest absolute Gasteiger partial charge is 0.493 e. The van der Waals surface area contributed by atoms with Crippen LogP contribution in [0.2, 0.25) is 0 Å². The Morgan fingerprint density at radius 3 is 2.19 bits per heavy atom. The van der Waals surface area contributed by atoms with Crippen LogP contribution in [-0.2, 0) is 6.42 Å². The number of rotatable bonds is 1. The highest BCUT2D eigenvalue weighted by Gasteiger charge is 2.32. The summed E-state index contributed by atoms with van der Waals surface area (Å²) in [6.07, 6.45) is 7.86. The van der Waals surface area contributed by atoms with Crippen molar-refractivity contribution in [2.45, 2.75) is 49.4 Å². The number of benzene rings is 2. The number of alkyl halides is 1. The molecule has 0 amide bonds. The van der Waals surface area contributed by atoms with Gasteiger partial charge in [0.1, 0.15) is 18.1 Å². The van der Waals surface area contributed by atoms with Crippen LogP contribution in [0.1, 0.15) is 37.7 Å². The highest BCUT2D eigenvalue weighted by Crippen LogP contribution is 2.38. The van der Waals surface area contributed by atoms with E-state index in [0.717, 1.165) is 48.5 Å². The molecule has 2 aromatic carbocycles. The molecule has 0 atom stereocenters. The van der Waals surface area contributed by atoms with Crippen LogP contribution in [0.25, 0.3) is 0 Å². The Balaban J connectivity index is 0.000000114. The molecule has 6 rings (SSSR count). The van der Waals surface area contributed by atoms with E-state index >= 15 is 0 Å². The SMILES string of the molecule is BrC1CC1.c1ccc2c(c1)CCCO2.c1ccc2c(c1)OCCN2C1CC1. The summed E-state index contributed by atoms with van der Waals surface area (Å²) in [5, 5.41) is 0. The average Bonchev–Trinajstić information content (AvgIpc) is 3.65. The lowest BCUT2D eigenvalue weighted by Crippen LogP contribution is -2.34. The first kappa shape index (κ1) is 18.7. The van der Waals surface area contributed by atoms with Gasteiger partial charge in [-0.25, -0.2) is 0 Å². The number of nitrogens with zero attached hydrogens (tertiary/aromatic N) is 1. The predicted octanol–water partition coefficient (Wildman–Crippen LogP) is 5.60. The highest BCUT2D eigenvalue weighted by molar-refractivity contribution is 9.09. The molecule has 4 heteroatoms. The summed E-state index contributed by atoms with van der Waals surface area (Å²) in [5.74, 6) is 2.13. The van der Waals surface area contributed by atoms with Crippen LogP contribution in [-0.4, -0.2) is 30.6 Å². The molecule has 0 aromatic heterocycles. The maximum absolute atomic E-state index is 5.59. The molecule has 2 heterocycles. The number of aryl methyl sites for hydroxylation is 1. The van der Waals surface area contributed by atoms with Crippen molar-refractivity contribution < 1.29 is 9.47 Å². The molecule has 0 bridgehead atoms. The maximum atomic E-state index is 5.59. The smallest absolute Gasteiger partial charge is 0.142 e. The third-order valence-electron chi connectivity index (χ3n) is 5.08. The van der Waals surface area contributed by atoms with Crippen LogP contribution in [0.4, 0.5) is 5.69 Å². The zero-order valence-corrected chi connectivity index (χ0v) is 17.4. The second-order valence-electron chi connectivity index (χ2n) is 7.48. The molecular formula is C23H28BrNO2. The molecule has 2 aromatic rings. The molecule has 144 valence electrons. The molecule has 2 saturated carbocycles. The van der Waals surface area contributed by atoms with Gasteiger partial charge >= 0.3 is 0 Å². The summed E-state index contributed by atoms with van der Waals surface area (Å²) in [6.45, 7) is 2.78. The van der Waals surface area contributed by atoms with Gasteiger partial charge in [-0.1, -0.05) is 46.3 Å². The van der Waals surface area contributed by atoms with Gasteiger partial charge in [0.05, 0.1) is 18.8 Å². The summed E-state index contributed by atoms with van der Waals surface area (Å²) in [5.41, 5.74) is 2.64. The predicted molar refractivity (Wildman–Crippen MR) is 115 cm³/mol. The van der Waals surface area contributed by atoms with Gasteiger partial charge in [-0.3, -0.25) is 0 Å². The van der Waals surface area contributed by atoms with Crippen LogP contribution in [0.15, 0.2) is 48.5 Å². The van der Waals surface area contributed by atoms with Gasteiger partial charge in [-0.2, -0.15) is 0 Å². The molecule has 2 aliphatic carbocycles. The van der Waals surface area contributed by atoms with Gasteiger partial charge in [0.25, 0.3) is 0 Å². The van der Waals surface area contributed by atoms with Gasteiger partial charge in [-0.05, 0) is 62.3 Å². The highest BCUT2D eigenvalue weighted by atomic mass is 79.9. The Labute approximate surface area is 170 Å². The van der Waals surface area contributed by atoms with Crippen molar-refractivity contribution in [2.75, 3.05) is 24.7 Å². The van der Waals surface area contributed by atoms with E-state index in [-0.39, 0.29) is 0 Å². The standard InChI is InChI=1S/C11H13NO.C9H10O.C3H5Br/c1-2-4-11-10(3-1)12(7-8-13-11)9-5-6-9;1-2-6-9-8(4-1)5-3-7-10-9;4-3-1-2-3/h1-4,9H,5-8H2;1-2,4,6H,3,5,7H2;3H,1-2H2. The fourth-order valence-corrected chi connectivity index (χ4v) is 3.58. The van der Waals surface area contributed by atoms with Crippen LogP contribution in [0.5, 0.6) is 11.5 Å². The first-order valence-electron chi connectivity index (χ1n) is 10.1. The molecule has 4 aliphatic rings. The third-order valence-corrected chi connectivity index (χ3v) is 6.00. The monoisotopic (exact) mass is 429 g/mol. The first-order chi connectivity index (χ1) is 13.3. The van der Waals surface area contributed by atoms with E-state index in [1.54, 1.807) is 0 Å². The minimum atomic E-state index is 0.796. The topological polar surface area (TPSA) is 21.7 Å². The van der Waals surface area contributed by atoms with Gasteiger partial charge in [-0.15, -0.1) is 0 Å². The molecule has 2 fully saturated rings. The zero-order chi connectivity index (χ0) is 18.5. The lowest BCUT2D eigenvalue weighted by atomic mass is 10.1. The normalized spacial score (nSPS) is 19.7. The molecule has 0 saturated heterocycles. The maximum Gasteiger partial charge on any atom is 0.142 e. The van der Waals surface area contributed by atoms with Gasteiger partial charge in [0.2, 0.25) is 0 Å². The number of halogens is 1. The van der Waals surface area contributed by atoms with Gasteiger partial charge < -0.3 is 14.4 Å². The van der Waals surface area contributed by atoms with E-state index in [0.29, 0.717) is 0 Å². The molecule has 2 aliphatic heterocycles. The van der Waals surface area contributed by atoms with E-state index in [2.05, 4.69) is 51.2 Å². The molecule has 0 N–H and O–H groups in total. The Hall–Kier alpha value is -1.68. The number of hydrogen-bond acceptors (Lipinski definition) is 3. The average molecular weight is 430 g/mol. The zero-order valence-electron chi connectivity index (χ0n) is 15.8. The van der Waals surface area contributed by atoms with Crippen molar-refractivity contribution in [1.29, 1.82) is 0 Å². The number of hydrogen-bond donors (Lipinski definition) is 0. The van der Waals surface area contributed by atoms with Crippen LogP contribution < -0.4 is 14.4 Å². The van der Waals surface area contributed by atoms with Crippen molar-refractivity contribution in [2.24, 2.45) is 0 Å². The lowest BCUT2D eigenvalue weighted by Gasteiger charge is -2.31. The van der Waals surface area contributed by atoms with E-state index in [1.807, 2.05) is 18.2 Å². The van der Waals surface area contributed by atoms with Crippen LogP contribution >= 0.6 is 15.9 Å². The van der Waals surface area contributed by atoms with Crippen LogP contribution in [0.3, 0.4) is 0 Å². The van der Waals surface area contributed by atoms with Crippen molar-refractivity contribution in [3.05, 3.63) is 54.1 Å². The Morgan fingerprint density at radius 2 is 1.48 bits per heavy atom. The first-order valence-corrected chi connectivity index (χ1v) is 11.1. The van der Waals surface area contributed by atoms with Crippen LogP contribution in [0, 0.1) is 0 Å². The van der Waals surface area contributed by atoms with E-state index in [1.165, 1.54) is 43.4 Å². The van der Waals surface area contributed by atoms with E-state index in [9.17, 15) is 0 Å². The summed E-state index contributed by atoms with van der Waals surface area (Å²) in [6, 6.07) is 17.4. The minimum absolute atomic E-state index is 0.796. The molecule has 3 nitrogen and oxygen atoms in total. The van der Waals surface area contributed by atoms with Crippen molar-refractivity contribution >= 4 is 21.6 Å². The van der Waals surface area contributed by atoms with Crippen molar-refractivity contribution in [1.82, 2.24) is 0 Å². The van der Waals surface area contributed by atoms with Crippen molar-refractivity contribution in [3.63, 3.8) is 0 Å². The Bertz CT molecular complexity index is 718.